The molecule has 0 fully saturated rings. The summed E-state index contributed by atoms with van der Waals surface area (Å²) in [7, 11) is 0. The van der Waals surface area contributed by atoms with Crippen LogP contribution in [0.15, 0.2) is 18.2 Å². The molecule has 1 rings (SSSR count). The van der Waals surface area contributed by atoms with Gasteiger partial charge in [-0.25, -0.2) is 0 Å². The van der Waals surface area contributed by atoms with E-state index in [2.05, 4.69) is 39.8 Å². The molecule has 14 heavy (non-hydrogen) atoms. The molecule has 0 N–H and O–H groups in total. The predicted molar refractivity (Wildman–Crippen MR) is 64.0 cm³/mol. The molecular weight excluding hydrogens is 192 g/mol. The minimum absolute atomic E-state index is 0.383. The molecule has 1 heteroatoms. The van der Waals surface area contributed by atoms with Crippen molar-refractivity contribution in [1.82, 2.24) is 0 Å². The van der Waals surface area contributed by atoms with E-state index >= 15 is 0 Å². The lowest BCUT2D eigenvalue weighted by Crippen LogP contribution is -2.06. The van der Waals surface area contributed by atoms with Gasteiger partial charge in [-0.1, -0.05) is 44.5 Å². The zero-order chi connectivity index (χ0) is 10.8. The van der Waals surface area contributed by atoms with Crippen molar-refractivity contribution >= 4 is 11.6 Å². The van der Waals surface area contributed by atoms with Gasteiger partial charge in [0.2, 0.25) is 0 Å². The maximum absolute atomic E-state index is 6.16. The Bertz CT molecular complexity index is 308. The Labute approximate surface area is 92.3 Å². The number of halogens is 1. The van der Waals surface area contributed by atoms with E-state index in [1.807, 2.05) is 6.07 Å². The molecule has 1 aromatic carbocycles. The third-order valence-corrected chi connectivity index (χ3v) is 2.70. The van der Waals surface area contributed by atoms with Crippen LogP contribution in [0.1, 0.15) is 38.3 Å². The summed E-state index contributed by atoms with van der Waals surface area (Å²) < 4.78 is 0. The molecule has 0 spiro atoms. The average Bonchev–Trinajstić information content (AvgIpc) is 2.00. The molecule has 1 aromatic rings. The van der Waals surface area contributed by atoms with Crippen molar-refractivity contribution in [3.8, 4) is 0 Å². The molecule has 0 nitrogen and oxygen atoms in total. The number of hydrogen-bond donors (Lipinski definition) is 0. The molecule has 0 radical (unpaired) electrons. The fourth-order valence-corrected chi connectivity index (χ4v) is 1.69. The van der Waals surface area contributed by atoms with Crippen LogP contribution in [0.25, 0.3) is 0 Å². The quantitative estimate of drug-likeness (QED) is 0.668. The number of aryl methyl sites for hydroxylation is 2. The predicted octanol–water partition coefficient (Wildman–Crippen LogP) is 4.63. The van der Waals surface area contributed by atoms with Crippen LogP contribution < -0.4 is 0 Å². The standard InChI is InChI=1S/C13H19Cl/c1-10-5-6-11(12(14)9-10)7-8-13(2,3)4/h5-6,9H,7-8H2,1-4H3. The SMILES string of the molecule is Cc1ccc(CCC(C)(C)C)c(Cl)c1. The third kappa shape index (κ3) is 3.71. The van der Waals surface area contributed by atoms with Crippen molar-refractivity contribution in [3.05, 3.63) is 34.3 Å². The molecule has 0 aliphatic carbocycles. The van der Waals surface area contributed by atoms with Gasteiger partial charge in [0.05, 0.1) is 0 Å². The average molecular weight is 211 g/mol. The molecule has 0 bridgehead atoms. The van der Waals surface area contributed by atoms with Crippen LogP contribution >= 0.6 is 11.6 Å². The molecular formula is C13H19Cl. The van der Waals surface area contributed by atoms with E-state index in [0.717, 1.165) is 11.4 Å². The molecule has 0 aliphatic heterocycles. The smallest absolute Gasteiger partial charge is 0.0440 e. The van der Waals surface area contributed by atoms with Crippen LogP contribution in [0.4, 0.5) is 0 Å². The molecule has 0 amide bonds. The Hall–Kier alpha value is -0.490. The largest absolute Gasteiger partial charge is 0.0840 e. The lowest BCUT2D eigenvalue weighted by Gasteiger charge is -2.18. The molecule has 78 valence electrons. The van der Waals surface area contributed by atoms with Gasteiger partial charge in [0.1, 0.15) is 0 Å². The van der Waals surface area contributed by atoms with Gasteiger partial charge in [0.25, 0.3) is 0 Å². The van der Waals surface area contributed by atoms with Crippen LogP contribution in [-0.4, -0.2) is 0 Å². The Kier molecular flexibility index (Phi) is 3.60. The first-order chi connectivity index (χ1) is 6.38. The van der Waals surface area contributed by atoms with Crippen LogP contribution in [0, 0.1) is 12.3 Å². The van der Waals surface area contributed by atoms with Crippen molar-refractivity contribution in [2.45, 2.75) is 40.5 Å². The molecule has 0 saturated carbocycles. The topological polar surface area (TPSA) is 0 Å². The van der Waals surface area contributed by atoms with E-state index in [1.54, 1.807) is 0 Å². The van der Waals surface area contributed by atoms with Crippen LogP contribution in [0.5, 0.6) is 0 Å². The van der Waals surface area contributed by atoms with Gasteiger partial charge in [-0.15, -0.1) is 0 Å². The highest BCUT2D eigenvalue weighted by atomic mass is 35.5. The lowest BCUT2D eigenvalue weighted by atomic mass is 9.88. The van der Waals surface area contributed by atoms with E-state index in [-0.39, 0.29) is 0 Å². The van der Waals surface area contributed by atoms with Gasteiger partial charge in [-0.05, 0) is 42.4 Å². The fourth-order valence-electron chi connectivity index (χ4n) is 1.36. The van der Waals surface area contributed by atoms with Crippen LogP contribution in [0.2, 0.25) is 5.02 Å². The first-order valence-electron chi connectivity index (χ1n) is 5.13. The Morgan fingerprint density at radius 1 is 1.21 bits per heavy atom. The van der Waals surface area contributed by atoms with Crippen molar-refractivity contribution < 1.29 is 0 Å². The van der Waals surface area contributed by atoms with Gasteiger partial charge in [-0.3, -0.25) is 0 Å². The maximum atomic E-state index is 6.16. The van der Waals surface area contributed by atoms with Crippen molar-refractivity contribution in [2.24, 2.45) is 5.41 Å². The second-order valence-electron chi connectivity index (χ2n) is 5.16. The zero-order valence-corrected chi connectivity index (χ0v) is 10.3. The summed E-state index contributed by atoms with van der Waals surface area (Å²) in [5.74, 6) is 0. The molecule has 0 heterocycles. The molecule has 0 saturated heterocycles. The van der Waals surface area contributed by atoms with Gasteiger partial charge in [0, 0.05) is 5.02 Å². The summed E-state index contributed by atoms with van der Waals surface area (Å²) >= 11 is 6.16. The maximum Gasteiger partial charge on any atom is 0.0440 e. The Morgan fingerprint density at radius 3 is 2.36 bits per heavy atom. The number of hydrogen-bond acceptors (Lipinski definition) is 0. The van der Waals surface area contributed by atoms with Gasteiger partial charge < -0.3 is 0 Å². The lowest BCUT2D eigenvalue weighted by molar-refractivity contribution is 0.378. The van der Waals surface area contributed by atoms with E-state index < -0.39 is 0 Å². The number of benzene rings is 1. The summed E-state index contributed by atoms with van der Waals surface area (Å²) in [5, 5.41) is 0.911. The van der Waals surface area contributed by atoms with E-state index in [0.29, 0.717) is 5.41 Å². The van der Waals surface area contributed by atoms with Crippen molar-refractivity contribution in [1.29, 1.82) is 0 Å². The van der Waals surface area contributed by atoms with Gasteiger partial charge in [-0.2, -0.15) is 0 Å². The second-order valence-corrected chi connectivity index (χ2v) is 5.56. The fraction of sp³-hybridized carbons (Fsp3) is 0.538. The minimum Gasteiger partial charge on any atom is -0.0840 e. The number of rotatable bonds is 2. The van der Waals surface area contributed by atoms with Gasteiger partial charge >= 0.3 is 0 Å². The van der Waals surface area contributed by atoms with E-state index in [4.69, 9.17) is 11.6 Å². The van der Waals surface area contributed by atoms with Crippen LogP contribution in [0.3, 0.4) is 0 Å². The van der Waals surface area contributed by atoms with Gasteiger partial charge in [0.15, 0.2) is 0 Å². The summed E-state index contributed by atoms with van der Waals surface area (Å²) in [5.41, 5.74) is 2.88. The molecule has 0 atom stereocenters. The van der Waals surface area contributed by atoms with Crippen molar-refractivity contribution in [2.75, 3.05) is 0 Å². The zero-order valence-electron chi connectivity index (χ0n) is 9.52. The highest BCUT2D eigenvalue weighted by Gasteiger charge is 2.11. The Balaban J connectivity index is 2.68. The second kappa shape index (κ2) is 4.35. The summed E-state index contributed by atoms with van der Waals surface area (Å²) in [6.45, 7) is 8.85. The monoisotopic (exact) mass is 210 g/mol. The minimum atomic E-state index is 0.383. The van der Waals surface area contributed by atoms with Crippen molar-refractivity contribution in [3.63, 3.8) is 0 Å². The summed E-state index contributed by atoms with van der Waals surface area (Å²) in [6, 6.07) is 6.31. The highest BCUT2D eigenvalue weighted by molar-refractivity contribution is 6.31. The van der Waals surface area contributed by atoms with E-state index in [9.17, 15) is 0 Å². The normalized spacial score (nSPS) is 11.8. The van der Waals surface area contributed by atoms with Crippen LogP contribution in [-0.2, 0) is 6.42 Å². The molecule has 0 unspecified atom stereocenters. The first-order valence-corrected chi connectivity index (χ1v) is 5.51. The molecule has 0 aliphatic rings. The Morgan fingerprint density at radius 2 is 1.86 bits per heavy atom. The summed E-state index contributed by atoms with van der Waals surface area (Å²) in [4.78, 5) is 0. The first kappa shape index (κ1) is 11.6. The third-order valence-electron chi connectivity index (χ3n) is 2.35. The highest BCUT2D eigenvalue weighted by Crippen LogP contribution is 2.25. The molecule has 0 aromatic heterocycles. The summed E-state index contributed by atoms with van der Waals surface area (Å²) in [6.07, 6.45) is 2.25. The van der Waals surface area contributed by atoms with E-state index in [1.165, 1.54) is 17.5 Å².